The van der Waals surface area contributed by atoms with Gasteiger partial charge >= 0.3 is 6.03 Å². The summed E-state index contributed by atoms with van der Waals surface area (Å²) in [4.78, 5) is 11.4. The van der Waals surface area contributed by atoms with Gasteiger partial charge in [0.25, 0.3) is 0 Å². The molecule has 0 saturated carbocycles. The first kappa shape index (κ1) is 13.6. The van der Waals surface area contributed by atoms with Gasteiger partial charge in [0.1, 0.15) is 0 Å². The van der Waals surface area contributed by atoms with E-state index < -0.39 is 0 Å². The van der Waals surface area contributed by atoms with Crippen LogP contribution < -0.4 is 10.6 Å². The van der Waals surface area contributed by atoms with E-state index in [1.54, 1.807) is 0 Å². The third-order valence-corrected chi connectivity index (χ3v) is 2.43. The maximum absolute atomic E-state index is 11.4. The number of carbonyl (C=O) groups excluding carboxylic acids is 1. The third kappa shape index (κ3) is 5.38. The molecule has 0 atom stereocenters. The van der Waals surface area contributed by atoms with Crippen molar-refractivity contribution in [2.75, 3.05) is 0 Å². The summed E-state index contributed by atoms with van der Waals surface area (Å²) in [7, 11) is 0. The van der Waals surface area contributed by atoms with Crippen molar-refractivity contribution in [3.8, 4) is 0 Å². The molecule has 0 bridgehead atoms. The van der Waals surface area contributed by atoms with Gasteiger partial charge in [-0.3, -0.25) is 0 Å². The molecule has 3 nitrogen and oxygen atoms in total. The largest absolute Gasteiger partial charge is 0.336 e. The molecule has 2 amide bonds. The minimum atomic E-state index is -0.113. The van der Waals surface area contributed by atoms with E-state index in [1.807, 2.05) is 13.8 Å². The maximum atomic E-state index is 11.4. The van der Waals surface area contributed by atoms with E-state index in [2.05, 4.69) is 41.8 Å². The van der Waals surface area contributed by atoms with Crippen molar-refractivity contribution < 1.29 is 4.79 Å². The normalized spacial score (nSPS) is 10.4. The molecule has 0 spiro atoms. The summed E-state index contributed by atoms with van der Waals surface area (Å²) in [5.74, 6) is 0. The number of hydrogen-bond acceptors (Lipinski definition) is 1. The minimum absolute atomic E-state index is 0.113. The van der Waals surface area contributed by atoms with Crippen LogP contribution in [0.25, 0.3) is 0 Å². The van der Waals surface area contributed by atoms with Crippen LogP contribution in [0.4, 0.5) is 4.79 Å². The summed E-state index contributed by atoms with van der Waals surface area (Å²) < 4.78 is 0. The van der Waals surface area contributed by atoms with Gasteiger partial charge in [-0.25, -0.2) is 4.79 Å². The van der Waals surface area contributed by atoms with E-state index in [-0.39, 0.29) is 12.1 Å². The van der Waals surface area contributed by atoms with Gasteiger partial charge in [-0.1, -0.05) is 37.6 Å². The molecular formula is C14H22N2O. The van der Waals surface area contributed by atoms with E-state index in [9.17, 15) is 4.79 Å². The van der Waals surface area contributed by atoms with Gasteiger partial charge in [-0.15, -0.1) is 0 Å². The average Bonchev–Trinajstić information content (AvgIpc) is 2.28. The van der Waals surface area contributed by atoms with Crippen LogP contribution in [0.15, 0.2) is 24.3 Å². The highest BCUT2D eigenvalue weighted by molar-refractivity contribution is 5.74. The van der Waals surface area contributed by atoms with Crippen LogP contribution in [0.2, 0.25) is 0 Å². The number of rotatable bonds is 5. The van der Waals surface area contributed by atoms with Crippen LogP contribution in [-0.4, -0.2) is 12.1 Å². The van der Waals surface area contributed by atoms with Gasteiger partial charge in [-0.05, 0) is 31.4 Å². The summed E-state index contributed by atoms with van der Waals surface area (Å²) in [5.41, 5.74) is 2.48. The van der Waals surface area contributed by atoms with E-state index in [0.717, 1.165) is 18.4 Å². The molecule has 0 aliphatic rings. The standard InChI is InChI=1S/C14H22N2O/c1-4-5-12-6-8-13(9-7-12)10-15-14(17)16-11(2)3/h6-9,11H,4-5,10H2,1-3H3,(H2,15,16,17). The quantitative estimate of drug-likeness (QED) is 0.808. The number of carbonyl (C=O) groups is 1. The molecular weight excluding hydrogens is 212 g/mol. The molecule has 17 heavy (non-hydrogen) atoms. The molecule has 0 aromatic heterocycles. The van der Waals surface area contributed by atoms with Gasteiger partial charge in [0, 0.05) is 12.6 Å². The molecule has 0 aliphatic heterocycles. The molecule has 0 heterocycles. The zero-order valence-corrected chi connectivity index (χ0v) is 10.9. The number of nitrogens with one attached hydrogen (secondary N) is 2. The molecule has 3 heteroatoms. The van der Waals surface area contributed by atoms with Crippen LogP contribution in [0.3, 0.4) is 0 Å². The fourth-order valence-corrected chi connectivity index (χ4v) is 1.61. The summed E-state index contributed by atoms with van der Waals surface area (Å²) in [5, 5.41) is 5.63. The molecule has 94 valence electrons. The van der Waals surface area contributed by atoms with Crippen LogP contribution in [-0.2, 0) is 13.0 Å². The highest BCUT2D eigenvalue weighted by Gasteiger charge is 2.01. The predicted molar refractivity (Wildman–Crippen MR) is 70.9 cm³/mol. The lowest BCUT2D eigenvalue weighted by molar-refractivity contribution is 0.238. The second kappa shape index (κ2) is 6.94. The average molecular weight is 234 g/mol. The van der Waals surface area contributed by atoms with E-state index in [4.69, 9.17) is 0 Å². The highest BCUT2D eigenvalue weighted by Crippen LogP contribution is 2.06. The zero-order chi connectivity index (χ0) is 12.7. The molecule has 0 fully saturated rings. The van der Waals surface area contributed by atoms with E-state index >= 15 is 0 Å². The Labute approximate surface area is 104 Å². The summed E-state index contributed by atoms with van der Waals surface area (Å²) >= 11 is 0. The highest BCUT2D eigenvalue weighted by atomic mass is 16.2. The molecule has 2 N–H and O–H groups in total. The fourth-order valence-electron chi connectivity index (χ4n) is 1.61. The topological polar surface area (TPSA) is 41.1 Å². The van der Waals surface area contributed by atoms with Gasteiger partial charge in [0.2, 0.25) is 0 Å². The van der Waals surface area contributed by atoms with Gasteiger partial charge in [-0.2, -0.15) is 0 Å². The van der Waals surface area contributed by atoms with E-state index in [0.29, 0.717) is 6.54 Å². The summed E-state index contributed by atoms with van der Waals surface area (Å²) in [6, 6.07) is 8.45. The van der Waals surface area contributed by atoms with Crippen molar-refractivity contribution in [2.24, 2.45) is 0 Å². The predicted octanol–water partition coefficient (Wildman–Crippen LogP) is 2.85. The Morgan fingerprint density at radius 2 is 1.76 bits per heavy atom. The van der Waals surface area contributed by atoms with Crippen LogP contribution in [0.5, 0.6) is 0 Å². The SMILES string of the molecule is CCCc1ccc(CNC(=O)NC(C)C)cc1. The molecule has 0 saturated heterocycles. The number of hydrogen-bond donors (Lipinski definition) is 2. The summed E-state index contributed by atoms with van der Waals surface area (Å²) in [6.07, 6.45) is 2.27. The van der Waals surface area contributed by atoms with Crippen molar-refractivity contribution in [3.05, 3.63) is 35.4 Å². The van der Waals surface area contributed by atoms with Crippen LogP contribution in [0, 0.1) is 0 Å². The Hall–Kier alpha value is -1.51. The van der Waals surface area contributed by atoms with Gasteiger partial charge < -0.3 is 10.6 Å². The number of urea groups is 1. The van der Waals surface area contributed by atoms with Gasteiger partial charge in [0.15, 0.2) is 0 Å². The molecule has 1 rings (SSSR count). The molecule has 1 aromatic rings. The molecule has 0 aliphatic carbocycles. The zero-order valence-electron chi connectivity index (χ0n) is 10.9. The Kier molecular flexibility index (Phi) is 5.53. The number of amides is 2. The van der Waals surface area contributed by atoms with Crippen molar-refractivity contribution in [1.29, 1.82) is 0 Å². The van der Waals surface area contributed by atoms with Crippen molar-refractivity contribution in [2.45, 2.75) is 46.2 Å². The minimum Gasteiger partial charge on any atom is -0.336 e. The Morgan fingerprint density at radius 1 is 1.18 bits per heavy atom. The van der Waals surface area contributed by atoms with Crippen LogP contribution in [0.1, 0.15) is 38.3 Å². The van der Waals surface area contributed by atoms with E-state index in [1.165, 1.54) is 5.56 Å². The lowest BCUT2D eigenvalue weighted by Crippen LogP contribution is -2.39. The van der Waals surface area contributed by atoms with Crippen molar-refractivity contribution >= 4 is 6.03 Å². The lowest BCUT2D eigenvalue weighted by atomic mass is 10.1. The Bertz CT molecular complexity index is 344. The number of benzene rings is 1. The number of aryl methyl sites for hydroxylation is 1. The van der Waals surface area contributed by atoms with Crippen molar-refractivity contribution in [1.82, 2.24) is 10.6 Å². The maximum Gasteiger partial charge on any atom is 0.315 e. The first-order chi connectivity index (χ1) is 8.11. The van der Waals surface area contributed by atoms with Crippen LogP contribution >= 0.6 is 0 Å². The first-order valence-corrected chi connectivity index (χ1v) is 6.24. The summed E-state index contributed by atoms with van der Waals surface area (Å²) in [6.45, 7) is 6.63. The third-order valence-electron chi connectivity index (χ3n) is 2.43. The Morgan fingerprint density at radius 3 is 2.29 bits per heavy atom. The van der Waals surface area contributed by atoms with Gasteiger partial charge in [0.05, 0.1) is 0 Å². The van der Waals surface area contributed by atoms with Crippen molar-refractivity contribution in [3.63, 3.8) is 0 Å². The monoisotopic (exact) mass is 234 g/mol. The Balaban J connectivity index is 2.39. The molecule has 0 unspecified atom stereocenters. The fraction of sp³-hybridized carbons (Fsp3) is 0.500. The second-order valence-electron chi connectivity index (χ2n) is 4.55. The smallest absolute Gasteiger partial charge is 0.315 e. The lowest BCUT2D eigenvalue weighted by Gasteiger charge is -2.10. The first-order valence-electron chi connectivity index (χ1n) is 6.24. The molecule has 0 radical (unpaired) electrons. The molecule has 1 aromatic carbocycles. The second-order valence-corrected chi connectivity index (χ2v) is 4.55.